The first-order valence-corrected chi connectivity index (χ1v) is 11.0. The van der Waals surface area contributed by atoms with Crippen molar-refractivity contribution in [2.75, 3.05) is 39.6 Å². The van der Waals surface area contributed by atoms with Gasteiger partial charge in [0.1, 0.15) is 0 Å². The van der Waals surface area contributed by atoms with Crippen molar-refractivity contribution in [2.45, 2.75) is 65.2 Å². The average Bonchev–Trinajstić information content (AvgIpc) is 2.72. The number of nitrogens with one attached hydrogen (secondary N) is 2. The monoisotopic (exact) mass is 412 g/mol. The number of amides is 2. The van der Waals surface area contributed by atoms with Crippen LogP contribution < -0.4 is 10.6 Å². The summed E-state index contributed by atoms with van der Waals surface area (Å²) < 4.78 is 0.000981. The molecule has 0 saturated heterocycles. The van der Waals surface area contributed by atoms with Crippen molar-refractivity contribution in [1.29, 1.82) is 0 Å². The van der Waals surface area contributed by atoms with Gasteiger partial charge in [-0.3, -0.25) is 14.1 Å². The van der Waals surface area contributed by atoms with E-state index in [0.29, 0.717) is 26.2 Å². The van der Waals surface area contributed by atoms with Crippen LogP contribution in [0.25, 0.3) is 0 Å². The molecule has 0 saturated carbocycles. The van der Waals surface area contributed by atoms with Gasteiger partial charge in [0, 0.05) is 0 Å². The minimum atomic E-state index is -0.262. The second-order valence-corrected chi connectivity index (χ2v) is 7.45. The number of quaternary nitrogens is 1. The molecule has 0 atom stereocenters. The highest BCUT2D eigenvalue weighted by Gasteiger charge is 2.25. The Labute approximate surface area is 176 Å². The topological polar surface area (TPSA) is 98.7 Å². The summed E-state index contributed by atoms with van der Waals surface area (Å²) in [5.74, 6) is -0.339. The first-order chi connectivity index (χ1) is 14.0. The molecule has 7 heteroatoms. The van der Waals surface area contributed by atoms with Crippen molar-refractivity contribution < 1.29 is 24.3 Å². The fraction of sp³-hybridized carbons (Fsp3) is 0.727. The SMILES string of the molecule is CCCCC/C=C/C(=O)NCC[N+](CO)(CO)CCNC(=O)/C=C/CCCCC. The summed E-state index contributed by atoms with van der Waals surface area (Å²) in [6, 6.07) is 0. The van der Waals surface area contributed by atoms with Gasteiger partial charge >= 0.3 is 0 Å². The Balaban J connectivity index is 4.19. The second-order valence-electron chi connectivity index (χ2n) is 7.45. The number of carbonyl (C=O) groups is 2. The summed E-state index contributed by atoms with van der Waals surface area (Å²) in [6.45, 7) is 5.19. The van der Waals surface area contributed by atoms with Gasteiger partial charge in [0.2, 0.25) is 11.8 Å². The molecule has 0 aliphatic rings. The minimum Gasteiger partial charge on any atom is -0.347 e. The number of unbranched alkanes of at least 4 members (excludes halogenated alkanes) is 6. The van der Waals surface area contributed by atoms with Gasteiger partial charge in [0.15, 0.2) is 13.5 Å². The molecule has 29 heavy (non-hydrogen) atoms. The van der Waals surface area contributed by atoms with Crippen LogP contribution in [0.3, 0.4) is 0 Å². The van der Waals surface area contributed by atoms with Crippen molar-refractivity contribution in [3.8, 4) is 0 Å². The Hall–Kier alpha value is -1.70. The molecule has 0 heterocycles. The molecule has 2 amide bonds. The molecular formula is C22H42N3O4+. The highest BCUT2D eigenvalue weighted by atomic mass is 16.3. The lowest BCUT2D eigenvalue weighted by Crippen LogP contribution is -2.56. The Morgan fingerprint density at radius 1 is 0.759 bits per heavy atom. The summed E-state index contributed by atoms with van der Waals surface area (Å²) >= 11 is 0. The van der Waals surface area contributed by atoms with Crippen LogP contribution in [0, 0.1) is 0 Å². The van der Waals surface area contributed by atoms with Gasteiger partial charge in [0.05, 0.1) is 26.2 Å². The van der Waals surface area contributed by atoms with Crippen LogP contribution in [0.15, 0.2) is 24.3 Å². The lowest BCUT2D eigenvalue weighted by Gasteiger charge is -2.34. The van der Waals surface area contributed by atoms with Crippen LogP contribution in [0.5, 0.6) is 0 Å². The third kappa shape index (κ3) is 14.9. The molecular weight excluding hydrogens is 370 g/mol. The van der Waals surface area contributed by atoms with Gasteiger partial charge in [0.25, 0.3) is 0 Å². The van der Waals surface area contributed by atoms with Gasteiger partial charge in [-0.2, -0.15) is 0 Å². The molecule has 0 aliphatic heterocycles. The number of rotatable bonds is 18. The Morgan fingerprint density at radius 2 is 1.17 bits per heavy atom. The zero-order valence-corrected chi connectivity index (χ0v) is 18.4. The molecule has 0 spiro atoms. The number of allylic oxidation sites excluding steroid dienone is 2. The van der Waals surface area contributed by atoms with E-state index < -0.39 is 0 Å². The maximum absolute atomic E-state index is 11.8. The Kier molecular flexibility index (Phi) is 17.3. The summed E-state index contributed by atoms with van der Waals surface area (Å²) in [4.78, 5) is 23.6. The van der Waals surface area contributed by atoms with E-state index in [1.165, 1.54) is 12.2 Å². The quantitative estimate of drug-likeness (QED) is 0.120. The first kappa shape index (κ1) is 27.3. The second kappa shape index (κ2) is 18.3. The maximum atomic E-state index is 11.8. The third-order valence-corrected chi connectivity index (χ3v) is 4.86. The normalized spacial score (nSPS) is 12.0. The Morgan fingerprint density at radius 3 is 1.52 bits per heavy atom. The largest absolute Gasteiger partial charge is 0.347 e. The van der Waals surface area contributed by atoms with Crippen molar-refractivity contribution in [2.24, 2.45) is 0 Å². The molecule has 0 aliphatic carbocycles. The number of hydrogen-bond donors (Lipinski definition) is 4. The van der Waals surface area contributed by atoms with Gasteiger partial charge in [-0.05, 0) is 37.8 Å². The zero-order valence-electron chi connectivity index (χ0n) is 18.4. The summed E-state index contributed by atoms with van der Waals surface area (Å²) in [5.41, 5.74) is 0. The smallest absolute Gasteiger partial charge is 0.243 e. The van der Waals surface area contributed by atoms with Crippen LogP contribution in [0.4, 0.5) is 0 Å². The van der Waals surface area contributed by atoms with E-state index in [1.54, 1.807) is 0 Å². The summed E-state index contributed by atoms with van der Waals surface area (Å²) in [7, 11) is 0. The van der Waals surface area contributed by atoms with Crippen LogP contribution in [-0.2, 0) is 9.59 Å². The van der Waals surface area contributed by atoms with Gasteiger partial charge in [-0.1, -0.05) is 51.7 Å². The van der Waals surface area contributed by atoms with Crippen molar-refractivity contribution in [3.63, 3.8) is 0 Å². The molecule has 4 N–H and O–H groups in total. The predicted molar refractivity (Wildman–Crippen MR) is 117 cm³/mol. The maximum Gasteiger partial charge on any atom is 0.243 e. The summed E-state index contributed by atoms with van der Waals surface area (Å²) in [5, 5.41) is 25.0. The number of aliphatic hydroxyl groups excluding tert-OH is 2. The molecule has 0 rings (SSSR count). The van der Waals surface area contributed by atoms with E-state index in [-0.39, 0.29) is 29.8 Å². The molecule has 0 unspecified atom stereocenters. The van der Waals surface area contributed by atoms with Crippen LogP contribution in [0.2, 0.25) is 0 Å². The van der Waals surface area contributed by atoms with Gasteiger partial charge in [-0.25, -0.2) is 0 Å². The van der Waals surface area contributed by atoms with Crippen molar-refractivity contribution in [3.05, 3.63) is 24.3 Å². The molecule has 0 aromatic carbocycles. The van der Waals surface area contributed by atoms with Gasteiger partial charge < -0.3 is 20.8 Å². The molecule has 168 valence electrons. The van der Waals surface area contributed by atoms with Crippen LogP contribution in [-0.4, -0.2) is 66.2 Å². The fourth-order valence-corrected chi connectivity index (χ4v) is 2.79. The highest BCUT2D eigenvalue weighted by molar-refractivity contribution is 5.87. The molecule has 0 bridgehead atoms. The number of hydrogen-bond acceptors (Lipinski definition) is 4. The van der Waals surface area contributed by atoms with E-state index in [2.05, 4.69) is 24.5 Å². The zero-order chi connectivity index (χ0) is 21.8. The highest BCUT2D eigenvalue weighted by Crippen LogP contribution is 2.03. The van der Waals surface area contributed by atoms with E-state index in [4.69, 9.17) is 0 Å². The molecule has 0 aromatic heterocycles. The minimum absolute atomic E-state index is 0.000981. The molecule has 7 nitrogen and oxygen atoms in total. The molecule has 0 radical (unpaired) electrons. The van der Waals surface area contributed by atoms with E-state index in [9.17, 15) is 19.8 Å². The van der Waals surface area contributed by atoms with Crippen molar-refractivity contribution in [1.82, 2.24) is 10.6 Å². The Bertz CT molecular complexity index is 448. The van der Waals surface area contributed by atoms with Crippen LogP contribution >= 0.6 is 0 Å². The summed E-state index contributed by atoms with van der Waals surface area (Å²) in [6.07, 6.45) is 15.4. The lowest BCUT2D eigenvalue weighted by atomic mass is 10.2. The van der Waals surface area contributed by atoms with Crippen LogP contribution in [0.1, 0.15) is 65.2 Å². The molecule has 0 aromatic rings. The number of nitrogens with zero attached hydrogens (tertiary/aromatic N) is 1. The lowest BCUT2D eigenvalue weighted by molar-refractivity contribution is -0.959. The standard InChI is InChI=1S/C22H41N3O4/c1-3-5-7-9-11-13-21(28)23-15-17-25(19-26,20-27)18-16-24-22(29)14-12-10-8-6-4-2/h11-14,26-27H,3-10,15-20H2,1-2H3,(H-,23,24,28,29)/p+1/b13-11+,14-12+. The third-order valence-electron chi connectivity index (χ3n) is 4.86. The fourth-order valence-electron chi connectivity index (χ4n) is 2.79. The van der Waals surface area contributed by atoms with E-state index in [1.807, 2.05) is 12.2 Å². The predicted octanol–water partition coefficient (Wildman–Crippen LogP) is 2.21. The van der Waals surface area contributed by atoms with E-state index in [0.717, 1.165) is 51.4 Å². The van der Waals surface area contributed by atoms with Crippen molar-refractivity contribution >= 4 is 11.8 Å². The van der Waals surface area contributed by atoms with Gasteiger partial charge in [-0.15, -0.1) is 0 Å². The average molecular weight is 413 g/mol. The molecule has 0 fully saturated rings. The number of aliphatic hydroxyl groups is 2. The first-order valence-electron chi connectivity index (χ1n) is 11.0. The number of carbonyl (C=O) groups excluding carboxylic acids is 2. The van der Waals surface area contributed by atoms with E-state index >= 15 is 0 Å².